The van der Waals surface area contributed by atoms with Gasteiger partial charge in [-0.25, -0.2) is 14.1 Å². The van der Waals surface area contributed by atoms with Gasteiger partial charge in [-0.3, -0.25) is 14.9 Å². The fraction of sp³-hybridized carbons (Fsp3) is 0.0556. The average Bonchev–Trinajstić information content (AvgIpc) is 3.12. The molecule has 8 nitrogen and oxygen atoms in total. The molecular formula is C18H11ClFN5O3S. The first kappa shape index (κ1) is 19.1. The fourth-order valence-electron chi connectivity index (χ4n) is 2.68. The third kappa shape index (κ3) is 3.71. The number of hydrogen-bond donors (Lipinski definition) is 1. The molecule has 11 heteroatoms. The second-order valence-corrected chi connectivity index (χ2v) is 7.30. The van der Waals surface area contributed by atoms with Crippen molar-refractivity contribution in [2.75, 3.05) is 0 Å². The van der Waals surface area contributed by atoms with Crippen LogP contribution in [0.1, 0.15) is 5.56 Å². The maximum absolute atomic E-state index is 14.0. The van der Waals surface area contributed by atoms with E-state index in [-0.39, 0.29) is 32.7 Å². The zero-order chi connectivity index (χ0) is 20.5. The van der Waals surface area contributed by atoms with Gasteiger partial charge in [0.25, 0.3) is 11.2 Å². The second kappa shape index (κ2) is 7.64. The first-order chi connectivity index (χ1) is 13.9. The number of halogens is 2. The molecule has 0 aliphatic carbocycles. The fourth-order valence-corrected chi connectivity index (χ4v) is 3.88. The quantitative estimate of drug-likeness (QED) is 0.220. The van der Waals surface area contributed by atoms with Crippen LogP contribution in [0.15, 0.2) is 58.6 Å². The molecule has 146 valence electrons. The monoisotopic (exact) mass is 431 g/mol. The van der Waals surface area contributed by atoms with Crippen LogP contribution >= 0.6 is 23.4 Å². The van der Waals surface area contributed by atoms with Crippen molar-refractivity contribution in [2.45, 2.75) is 10.9 Å². The van der Waals surface area contributed by atoms with Gasteiger partial charge in [0.05, 0.1) is 16.8 Å². The van der Waals surface area contributed by atoms with E-state index in [0.29, 0.717) is 11.3 Å². The highest BCUT2D eigenvalue weighted by Gasteiger charge is 2.14. The van der Waals surface area contributed by atoms with Crippen LogP contribution in [-0.4, -0.2) is 24.7 Å². The Hall–Kier alpha value is -3.24. The van der Waals surface area contributed by atoms with Crippen molar-refractivity contribution < 1.29 is 9.31 Å². The van der Waals surface area contributed by atoms with E-state index in [1.54, 1.807) is 6.07 Å². The Morgan fingerprint density at radius 3 is 2.69 bits per heavy atom. The minimum atomic E-state index is -0.503. The number of H-pyrrole nitrogens is 1. The van der Waals surface area contributed by atoms with E-state index in [9.17, 15) is 19.3 Å². The number of nitro benzene ring substituents is 1. The van der Waals surface area contributed by atoms with E-state index >= 15 is 0 Å². The third-order valence-corrected chi connectivity index (χ3v) is 5.39. The van der Waals surface area contributed by atoms with Gasteiger partial charge >= 0.3 is 0 Å². The molecule has 0 fully saturated rings. The van der Waals surface area contributed by atoms with E-state index < -0.39 is 16.3 Å². The summed E-state index contributed by atoms with van der Waals surface area (Å²) < 4.78 is 15.4. The Labute approximate surface area is 171 Å². The third-order valence-electron chi connectivity index (χ3n) is 4.14. The molecular weight excluding hydrogens is 421 g/mol. The number of hydrogen-bond acceptors (Lipinski definition) is 6. The van der Waals surface area contributed by atoms with Gasteiger partial charge in [0.15, 0.2) is 10.8 Å². The van der Waals surface area contributed by atoms with Gasteiger partial charge in [0.1, 0.15) is 11.2 Å². The number of thioether (sulfide) groups is 1. The van der Waals surface area contributed by atoms with Gasteiger partial charge in [-0.05, 0) is 24.3 Å². The summed E-state index contributed by atoms with van der Waals surface area (Å²) in [7, 11) is 0. The Morgan fingerprint density at radius 2 is 2.00 bits per heavy atom. The topological polar surface area (TPSA) is 107 Å². The smallest absolute Gasteiger partial charge is 0.269 e. The molecule has 2 aromatic heterocycles. The van der Waals surface area contributed by atoms with Gasteiger partial charge in [-0.2, -0.15) is 5.10 Å². The summed E-state index contributed by atoms with van der Waals surface area (Å²) in [6.07, 6.45) is 1.37. The van der Waals surface area contributed by atoms with Crippen LogP contribution in [0.5, 0.6) is 0 Å². The number of nitrogens with one attached hydrogen (secondary N) is 1. The maximum atomic E-state index is 14.0. The highest BCUT2D eigenvalue weighted by molar-refractivity contribution is 7.98. The van der Waals surface area contributed by atoms with E-state index in [1.165, 1.54) is 47.3 Å². The molecule has 0 radical (unpaired) electrons. The first-order valence-electron chi connectivity index (χ1n) is 8.22. The molecule has 1 N–H and O–H groups in total. The number of aromatic amines is 1. The van der Waals surface area contributed by atoms with Crippen molar-refractivity contribution in [1.82, 2.24) is 19.7 Å². The molecule has 0 amide bonds. The van der Waals surface area contributed by atoms with Crippen LogP contribution in [0.2, 0.25) is 5.02 Å². The molecule has 4 aromatic rings. The molecule has 4 rings (SSSR count). The normalized spacial score (nSPS) is 11.1. The minimum Gasteiger partial charge on any atom is -0.301 e. The van der Waals surface area contributed by atoms with Crippen molar-refractivity contribution in [3.63, 3.8) is 0 Å². The summed E-state index contributed by atoms with van der Waals surface area (Å²) in [5, 5.41) is 15.8. The predicted molar refractivity (Wildman–Crippen MR) is 107 cm³/mol. The van der Waals surface area contributed by atoms with Crippen LogP contribution in [0.25, 0.3) is 16.7 Å². The largest absolute Gasteiger partial charge is 0.301 e. The lowest BCUT2D eigenvalue weighted by Gasteiger charge is -2.06. The Kier molecular flexibility index (Phi) is 5.03. The molecule has 2 aromatic carbocycles. The van der Waals surface area contributed by atoms with Gasteiger partial charge in [-0.15, -0.1) is 0 Å². The number of nitro groups is 1. The summed E-state index contributed by atoms with van der Waals surface area (Å²) in [5.41, 5.74) is 0.645. The summed E-state index contributed by atoms with van der Waals surface area (Å²) >= 11 is 7.16. The first-order valence-corrected chi connectivity index (χ1v) is 9.59. The van der Waals surface area contributed by atoms with Crippen molar-refractivity contribution in [2.24, 2.45) is 0 Å². The molecule has 0 aliphatic rings. The highest BCUT2D eigenvalue weighted by Crippen LogP contribution is 2.27. The molecule has 29 heavy (non-hydrogen) atoms. The summed E-state index contributed by atoms with van der Waals surface area (Å²) in [4.78, 5) is 29.8. The zero-order valence-corrected chi connectivity index (χ0v) is 16.1. The summed E-state index contributed by atoms with van der Waals surface area (Å²) in [5.74, 6) is -0.268. The second-order valence-electron chi connectivity index (χ2n) is 5.93. The molecule has 0 saturated carbocycles. The summed E-state index contributed by atoms with van der Waals surface area (Å²) in [6.45, 7) is 0. The van der Waals surface area contributed by atoms with Crippen molar-refractivity contribution in [3.05, 3.63) is 85.5 Å². The van der Waals surface area contributed by atoms with Crippen LogP contribution in [0.3, 0.4) is 0 Å². The number of non-ortho nitro benzene ring substituents is 1. The SMILES string of the molecule is O=c1[nH]c(SCc2c(F)cccc2Cl)nc2c1cnn2-c1ccc([N+](=O)[O-])cc1. The van der Waals surface area contributed by atoms with Crippen molar-refractivity contribution in [3.8, 4) is 5.69 Å². The minimum absolute atomic E-state index is 0.0611. The standard InChI is InChI=1S/C18H11ClFN5O3S/c19-14-2-1-3-15(20)13(14)9-29-18-22-16-12(17(26)23-18)8-21-24(16)10-4-6-11(7-5-10)25(27)28/h1-8H,9H2,(H,22,23,26). The molecule has 0 aliphatic heterocycles. The lowest BCUT2D eigenvalue weighted by Crippen LogP contribution is -2.10. The Morgan fingerprint density at radius 1 is 1.24 bits per heavy atom. The lowest BCUT2D eigenvalue weighted by atomic mass is 10.2. The molecule has 0 bridgehead atoms. The van der Waals surface area contributed by atoms with Gasteiger partial charge in [-0.1, -0.05) is 29.4 Å². The number of fused-ring (bicyclic) bond motifs is 1. The van der Waals surface area contributed by atoms with Crippen LogP contribution in [0, 0.1) is 15.9 Å². The van der Waals surface area contributed by atoms with Crippen LogP contribution in [-0.2, 0) is 5.75 Å². The molecule has 0 spiro atoms. The van der Waals surface area contributed by atoms with Crippen molar-refractivity contribution >= 4 is 40.1 Å². The predicted octanol–water partition coefficient (Wildman–Crippen LogP) is 4.10. The lowest BCUT2D eigenvalue weighted by molar-refractivity contribution is -0.384. The summed E-state index contributed by atoms with van der Waals surface area (Å²) in [6, 6.07) is 10.1. The molecule has 0 unspecified atom stereocenters. The number of rotatable bonds is 5. The maximum Gasteiger partial charge on any atom is 0.269 e. The van der Waals surface area contributed by atoms with E-state index in [4.69, 9.17) is 11.6 Å². The van der Waals surface area contributed by atoms with Gasteiger partial charge < -0.3 is 4.98 Å². The molecule has 2 heterocycles. The van der Waals surface area contributed by atoms with E-state index in [1.807, 2.05) is 0 Å². The van der Waals surface area contributed by atoms with Gasteiger partial charge in [0, 0.05) is 28.5 Å². The molecule has 0 atom stereocenters. The van der Waals surface area contributed by atoms with Crippen molar-refractivity contribution in [1.29, 1.82) is 0 Å². The van der Waals surface area contributed by atoms with Crippen LogP contribution < -0.4 is 5.56 Å². The molecule has 0 saturated heterocycles. The number of aromatic nitrogens is 4. The average molecular weight is 432 g/mol. The number of benzene rings is 2. The van der Waals surface area contributed by atoms with Crippen LogP contribution in [0.4, 0.5) is 10.1 Å². The van der Waals surface area contributed by atoms with Gasteiger partial charge in [0.2, 0.25) is 0 Å². The Balaban J connectivity index is 1.70. The number of nitrogens with zero attached hydrogens (tertiary/aromatic N) is 4. The van der Waals surface area contributed by atoms with E-state index in [2.05, 4.69) is 15.1 Å². The Bertz CT molecular complexity index is 1270. The highest BCUT2D eigenvalue weighted by atomic mass is 35.5. The van der Waals surface area contributed by atoms with E-state index in [0.717, 1.165) is 11.8 Å². The zero-order valence-electron chi connectivity index (χ0n) is 14.5.